The number of carbonyl (C=O) groups is 2. The van der Waals surface area contributed by atoms with Crippen molar-refractivity contribution in [3.05, 3.63) is 0 Å². The summed E-state index contributed by atoms with van der Waals surface area (Å²) in [5.41, 5.74) is -2.11. The Hall–Kier alpha value is -2.21. The van der Waals surface area contributed by atoms with E-state index in [1.807, 2.05) is 6.07 Å². The SMILES string of the molecule is CC(=O)O[C@@]1(C#N)C[C@@H]2O[C@H]1[C@@H]1[C@@H]2N=NN1C(=O)OC(C)(C)C. The minimum atomic E-state index is -1.42. The van der Waals surface area contributed by atoms with E-state index in [1.54, 1.807) is 20.8 Å². The number of ether oxygens (including phenoxy) is 3. The second kappa shape index (κ2) is 4.89. The first-order valence-corrected chi connectivity index (χ1v) is 7.36. The van der Waals surface area contributed by atoms with E-state index in [9.17, 15) is 14.9 Å². The van der Waals surface area contributed by atoms with Gasteiger partial charge in [0.1, 0.15) is 29.9 Å². The molecule has 0 N–H and O–H groups in total. The Morgan fingerprint density at radius 1 is 1.43 bits per heavy atom. The number of esters is 1. The van der Waals surface area contributed by atoms with Crippen LogP contribution in [0.4, 0.5) is 4.79 Å². The molecular formula is C14H18N4O5. The van der Waals surface area contributed by atoms with Gasteiger partial charge in [0.25, 0.3) is 0 Å². The topological polar surface area (TPSA) is 114 Å². The van der Waals surface area contributed by atoms with Gasteiger partial charge in [0.15, 0.2) is 0 Å². The molecule has 3 heterocycles. The fourth-order valence-electron chi connectivity index (χ4n) is 3.26. The maximum absolute atomic E-state index is 12.3. The molecule has 0 aliphatic carbocycles. The largest absolute Gasteiger partial charge is 0.442 e. The van der Waals surface area contributed by atoms with Crippen molar-refractivity contribution in [2.45, 2.75) is 69.6 Å². The molecule has 23 heavy (non-hydrogen) atoms. The highest BCUT2D eigenvalue weighted by Gasteiger charge is 2.69. The maximum atomic E-state index is 12.3. The van der Waals surface area contributed by atoms with Crippen molar-refractivity contribution < 1.29 is 23.8 Å². The average Bonchev–Trinajstić information content (AvgIpc) is 3.04. The second-order valence-electron chi connectivity index (χ2n) is 6.91. The molecule has 3 aliphatic heterocycles. The summed E-state index contributed by atoms with van der Waals surface area (Å²) in [5, 5.41) is 18.6. The van der Waals surface area contributed by atoms with Crippen LogP contribution in [0.3, 0.4) is 0 Å². The van der Waals surface area contributed by atoms with Gasteiger partial charge >= 0.3 is 12.1 Å². The Labute approximate surface area is 133 Å². The predicted octanol–water partition coefficient (Wildman–Crippen LogP) is 1.34. The van der Waals surface area contributed by atoms with Crippen molar-refractivity contribution in [3.63, 3.8) is 0 Å². The fourth-order valence-corrected chi connectivity index (χ4v) is 3.26. The van der Waals surface area contributed by atoms with Crippen molar-refractivity contribution in [2.75, 3.05) is 0 Å². The van der Waals surface area contributed by atoms with Gasteiger partial charge in [-0.2, -0.15) is 15.4 Å². The summed E-state index contributed by atoms with van der Waals surface area (Å²) in [5.74, 6) is -0.574. The molecule has 0 radical (unpaired) electrons. The summed E-state index contributed by atoms with van der Waals surface area (Å²) in [6, 6.07) is 1.05. The minimum absolute atomic E-state index is 0.218. The molecule has 0 saturated carbocycles. The lowest BCUT2D eigenvalue weighted by Gasteiger charge is -2.35. The average molecular weight is 322 g/mol. The summed E-state index contributed by atoms with van der Waals surface area (Å²) >= 11 is 0. The van der Waals surface area contributed by atoms with Crippen LogP contribution in [0.1, 0.15) is 34.1 Å². The van der Waals surface area contributed by atoms with Crippen molar-refractivity contribution in [3.8, 4) is 6.07 Å². The van der Waals surface area contributed by atoms with Crippen molar-refractivity contribution in [2.24, 2.45) is 10.3 Å². The van der Waals surface area contributed by atoms with Gasteiger partial charge in [-0.1, -0.05) is 5.22 Å². The predicted molar refractivity (Wildman–Crippen MR) is 73.9 cm³/mol. The molecule has 2 bridgehead atoms. The Kier molecular flexibility index (Phi) is 3.33. The Morgan fingerprint density at radius 2 is 2.13 bits per heavy atom. The Balaban J connectivity index is 1.85. The minimum Gasteiger partial charge on any atom is -0.442 e. The number of rotatable bonds is 1. The molecule has 2 saturated heterocycles. The molecule has 9 heteroatoms. The van der Waals surface area contributed by atoms with E-state index >= 15 is 0 Å². The third-order valence-corrected chi connectivity index (χ3v) is 3.99. The van der Waals surface area contributed by atoms with Crippen LogP contribution in [0.5, 0.6) is 0 Å². The monoisotopic (exact) mass is 322 g/mol. The fraction of sp³-hybridized carbons (Fsp3) is 0.786. The van der Waals surface area contributed by atoms with Crippen LogP contribution in [0, 0.1) is 11.3 Å². The van der Waals surface area contributed by atoms with E-state index in [0.717, 1.165) is 5.01 Å². The molecule has 0 aromatic carbocycles. The molecule has 0 unspecified atom stereocenters. The molecule has 2 fully saturated rings. The molecule has 1 amide bonds. The van der Waals surface area contributed by atoms with Crippen LogP contribution < -0.4 is 0 Å². The summed E-state index contributed by atoms with van der Waals surface area (Å²) in [4.78, 5) is 23.7. The molecule has 0 aromatic heterocycles. The highest BCUT2D eigenvalue weighted by Crippen LogP contribution is 2.49. The number of fused-ring (bicyclic) bond motifs is 5. The molecule has 9 nitrogen and oxygen atoms in total. The van der Waals surface area contributed by atoms with E-state index in [1.165, 1.54) is 6.92 Å². The van der Waals surface area contributed by atoms with E-state index in [2.05, 4.69) is 10.3 Å². The quantitative estimate of drug-likeness (QED) is 0.673. The lowest BCUT2D eigenvalue weighted by molar-refractivity contribution is -0.157. The van der Waals surface area contributed by atoms with Gasteiger partial charge in [-0.3, -0.25) is 4.79 Å². The summed E-state index contributed by atoms with van der Waals surface area (Å²) in [6.45, 7) is 6.46. The zero-order chi connectivity index (χ0) is 17.0. The molecule has 0 spiro atoms. The van der Waals surface area contributed by atoms with Crippen LogP contribution in [-0.2, 0) is 19.0 Å². The summed E-state index contributed by atoms with van der Waals surface area (Å²) < 4.78 is 16.3. The van der Waals surface area contributed by atoms with Gasteiger partial charge in [0.2, 0.25) is 5.60 Å². The van der Waals surface area contributed by atoms with Crippen LogP contribution in [0.15, 0.2) is 10.3 Å². The van der Waals surface area contributed by atoms with E-state index in [0.29, 0.717) is 0 Å². The molecule has 5 atom stereocenters. The van der Waals surface area contributed by atoms with Crippen molar-refractivity contribution in [1.82, 2.24) is 5.01 Å². The van der Waals surface area contributed by atoms with Crippen molar-refractivity contribution in [1.29, 1.82) is 5.26 Å². The third kappa shape index (κ3) is 2.43. The van der Waals surface area contributed by atoms with E-state index in [-0.39, 0.29) is 12.5 Å². The van der Waals surface area contributed by atoms with Gasteiger partial charge < -0.3 is 14.2 Å². The first kappa shape index (κ1) is 15.7. The highest BCUT2D eigenvalue weighted by atomic mass is 16.6. The van der Waals surface area contributed by atoms with Gasteiger partial charge in [0, 0.05) is 13.3 Å². The number of hydrogen-bond donors (Lipinski definition) is 0. The molecule has 0 aromatic rings. The first-order chi connectivity index (χ1) is 10.7. The lowest BCUT2D eigenvalue weighted by Crippen LogP contribution is -2.58. The zero-order valence-electron chi connectivity index (χ0n) is 13.3. The zero-order valence-corrected chi connectivity index (χ0v) is 13.3. The lowest BCUT2D eigenvalue weighted by atomic mass is 9.79. The Morgan fingerprint density at radius 3 is 2.70 bits per heavy atom. The number of carbonyl (C=O) groups excluding carboxylic acids is 2. The molecule has 124 valence electrons. The second-order valence-corrected chi connectivity index (χ2v) is 6.91. The molecule has 3 rings (SSSR count). The van der Waals surface area contributed by atoms with Gasteiger partial charge in [0.05, 0.1) is 6.10 Å². The maximum Gasteiger partial charge on any atom is 0.432 e. The van der Waals surface area contributed by atoms with Crippen LogP contribution >= 0.6 is 0 Å². The van der Waals surface area contributed by atoms with Crippen molar-refractivity contribution >= 4 is 12.1 Å². The molecular weight excluding hydrogens is 304 g/mol. The normalized spacial score (nSPS) is 37.4. The smallest absolute Gasteiger partial charge is 0.432 e. The molecule has 3 aliphatic rings. The number of nitriles is 1. The van der Waals surface area contributed by atoms with Crippen LogP contribution in [0.2, 0.25) is 0 Å². The van der Waals surface area contributed by atoms with Gasteiger partial charge in [-0.05, 0) is 20.8 Å². The Bertz CT molecular complexity index is 622. The number of nitrogens with zero attached hydrogens (tertiary/aromatic N) is 4. The summed E-state index contributed by atoms with van der Waals surface area (Å²) in [6.07, 6.45) is -1.66. The number of hydrogen-bond acceptors (Lipinski definition) is 8. The highest BCUT2D eigenvalue weighted by molar-refractivity contribution is 5.69. The first-order valence-electron chi connectivity index (χ1n) is 7.36. The van der Waals surface area contributed by atoms with Crippen LogP contribution in [-0.4, -0.2) is 52.6 Å². The summed E-state index contributed by atoms with van der Waals surface area (Å²) in [7, 11) is 0. The van der Waals surface area contributed by atoms with E-state index in [4.69, 9.17) is 14.2 Å². The third-order valence-electron chi connectivity index (χ3n) is 3.99. The van der Waals surface area contributed by atoms with Gasteiger partial charge in [-0.15, -0.1) is 0 Å². The van der Waals surface area contributed by atoms with Gasteiger partial charge in [-0.25, -0.2) is 4.79 Å². The number of amides is 1. The standard InChI is InChI=1S/C14H18N4O5/c1-7(19)22-14(6-15)5-8-9-10(11(14)21-8)18(17-16-9)12(20)23-13(2,3)4/h8-11H,5H2,1-4H3/t8-,9+,10-,11-,14+/m0/s1. The van der Waals surface area contributed by atoms with E-state index < -0.39 is 41.5 Å². The van der Waals surface area contributed by atoms with Crippen LogP contribution in [0.25, 0.3) is 0 Å².